The molecule has 0 amide bonds. The van der Waals surface area contributed by atoms with Gasteiger partial charge in [-0.15, -0.1) is 0 Å². The Hall–Kier alpha value is -4.40. The number of H-pyrrole nitrogens is 2. The van der Waals surface area contributed by atoms with E-state index in [0.29, 0.717) is 11.8 Å². The van der Waals surface area contributed by atoms with Gasteiger partial charge in [-0.05, 0) is 153 Å². The lowest BCUT2D eigenvalue weighted by molar-refractivity contribution is 0.225. The summed E-state index contributed by atoms with van der Waals surface area (Å²) < 4.78 is 14.7. The minimum absolute atomic E-state index is 0.593. The van der Waals surface area contributed by atoms with Gasteiger partial charge in [0.1, 0.15) is 11.5 Å². The molecule has 2 atom stereocenters. The van der Waals surface area contributed by atoms with E-state index in [0.717, 1.165) is 101 Å². The Labute approximate surface area is 399 Å². The largest absolute Gasteiger partial charge is 0.493 e. The van der Waals surface area contributed by atoms with Gasteiger partial charge in [-0.25, -0.2) is 9.97 Å². The standard InChI is InChI=1S/C56H68Br2N4O2/c1-5-9-13-15-19-39(17-11-7-3)37-63-43-25-21-41(22-26-43)53-45-29-33-49(59-45)55(57)51-35-31-47(61-51)54(48-32-36-52(62-48)56(58)50-34-30-46(53)60-50)42-23-27-44(28-24-42)64-38-40(18-12-8-4)20-16-14-10-6-2/h21-36,39-40,59,62H,5-20,37-38H2,1-4H3. The molecule has 0 aliphatic carbocycles. The zero-order valence-electron chi connectivity index (χ0n) is 38.6. The van der Waals surface area contributed by atoms with E-state index < -0.39 is 0 Å². The molecule has 338 valence electrons. The van der Waals surface area contributed by atoms with Crippen LogP contribution in [0.4, 0.5) is 0 Å². The summed E-state index contributed by atoms with van der Waals surface area (Å²) in [7, 11) is 0. The smallest absolute Gasteiger partial charge is 0.119 e. The van der Waals surface area contributed by atoms with Crippen molar-refractivity contribution < 1.29 is 9.47 Å². The summed E-state index contributed by atoms with van der Waals surface area (Å²) in [6.07, 6.45) is 28.6. The molecule has 2 aromatic carbocycles. The third-order valence-electron chi connectivity index (χ3n) is 12.7. The van der Waals surface area contributed by atoms with E-state index >= 15 is 0 Å². The third kappa shape index (κ3) is 12.5. The zero-order chi connectivity index (χ0) is 44.7. The van der Waals surface area contributed by atoms with Crippen LogP contribution in [-0.4, -0.2) is 33.1 Å². The molecule has 2 aliphatic rings. The van der Waals surface area contributed by atoms with Crippen LogP contribution in [0.3, 0.4) is 0 Å². The molecule has 0 fully saturated rings. The van der Waals surface area contributed by atoms with Crippen molar-refractivity contribution in [2.24, 2.45) is 11.8 Å². The second-order valence-corrected chi connectivity index (χ2v) is 19.4. The van der Waals surface area contributed by atoms with Crippen LogP contribution >= 0.6 is 31.9 Å². The van der Waals surface area contributed by atoms with Gasteiger partial charge in [-0.2, -0.15) is 0 Å². The summed E-state index contributed by atoms with van der Waals surface area (Å²) >= 11 is 7.90. The lowest BCUT2D eigenvalue weighted by atomic mass is 9.96. The summed E-state index contributed by atoms with van der Waals surface area (Å²) in [4.78, 5) is 17.9. The molecule has 2 unspecified atom stereocenters. The van der Waals surface area contributed by atoms with Gasteiger partial charge in [-0.3, -0.25) is 0 Å². The van der Waals surface area contributed by atoms with Crippen LogP contribution in [0.1, 0.15) is 153 Å². The van der Waals surface area contributed by atoms with Crippen LogP contribution in [0.25, 0.3) is 68.6 Å². The van der Waals surface area contributed by atoms with Gasteiger partial charge in [0.15, 0.2) is 0 Å². The van der Waals surface area contributed by atoms with Gasteiger partial charge < -0.3 is 19.4 Å². The number of benzene rings is 2. The first-order chi connectivity index (χ1) is 31.4. The Morgan fingerprint density at radius 1 is 0.422 bits per heavy atom. The SMILES string of the molecule is CCCCCCC(CCCC)COc1ccc(-c2c3nc(c(Br)c4ccc([nH]4)c(-c4ccc(OCC(CCCC)CCCCCC)cc4)c4nc(c(Br)c5ccc2[nH]5)C=C4)C=C3)cc1. The summed E-state index contributed by atoms with van der Waals surface area (Å²) in [5.41, 5.74) is 11.4. The van der Waals surface area contributed by atoms with Crippen molar-refractivity contribution in [1.29, 1.82) is 0 Å². The number of rotatable bonds is 24. The van der Waals surface area contributed by atoms with Gasteiger partial charge >= 0.3 is 0 Å². The number of fused-ring (bicyclic) bond motifs is 8. The predicted molar refractivity (Wildman–Crippen MR) is 280 cm³/mol. The molecule has 8 heteroatoms. The average molecular weight is 989 g/mol. The van der Waals surface area contributed by atoms with E-state index in [4.69, 9.17) is 19.4 Å². The van der Waals surface area contributed by atoms with Gasteiger partial charge in [0, 0.05) is 22.2 Å². The highest BCUT2D eigenvalue weighted by molar-refractivity contribution is 9.11. The number of halogens is 2. The number of ether oxygens (including phenoxy) is 2. The molecule has 2 aliphatic heterocycles. The molecule has 0 spiro atoms. The first kappa shape index (κ1) is 47.6. The van der Waals surface area contributed by atoms with Gasteiger partial charge in [0.2, 0.25) is 0 Å². The predicted octanol–water partition coefficient (Wildman–Crippen LogP) is 17.8. The first-order valence-electron chi connectivity index (χ1n) is 24.3. The maximum atomic E-state index is 6.45. The van der Waals surface area contributed by atoms with E-state index in [2.05, 4.69) is 167 Å². The zero-order valence-corrected chi connectivity index (χ0v) is 41.8. The molecule has 6 nitrogen and oxygen atoms in total. The number of nitrogens with one attached hydrogen (secondary N) is 2. The molecule has 0 saturated carbocycles. The van der Waals surface area contributed by atoms with Gasteiger partial charge in [-0.1, -0.05) is 129 Å². The minimum atomic E-state index is 0.593. The highest BCUT2D eigenvalue weighted by Crippen LogP contribution is 2.37. The second kappa shape index (κ2) is 24.2. The number of aromatic amines is 2. The molecular weight excluding hydrogens is 920 g/mol. The maximum absolute atomic E-state index is 6.45. The van der Waals surface area contributed by atoms with E-state index in [-0.39, 0.29) is 0 Å². The molecule has 0 radical (unpaired) electrons. The highest BCUT2D eigenvalue weighted by atomic mass is 79.9. The number of nitrogens with zero attached hydrogens (tertiary/aromatic N) is 2. The summed E-state index contributed by atoms with van der Waals surface area (Å²) in [5, 5.41) is 0. The average Bonchev–Trinajstić information content (AvgIpc) is 4.18. The fourth-order valence-electron chi connectivity index (χ4n) is 8.93. The second-order valence-electron chi connectivity index (χ2n) is 17.8. The van der Waals surface area contributed by atoms with Gasteiger partial charge in [0.05, 0.1) is 56.0 Å². The monoisotopic (exact) mass is 986 g/mol. The molecule has 3 aromatic heterocycles. The van der Waals surface area contributed by atoms with Crippen LogP contribution in [0.5, 0.6) is 11.5 Å². The fourth-order valence-corrected chi connectivity index (χ4v) is 9.84. The Morgan fingerprint density at radius 3 is 1.17 bits per heavy atom. The summed E-state index contributed by atoms with van der Waals surface area (Å²) in [6, 6.07) is 25.6. The quantitative estimate of drug-likeness (QED) is 0.0592. The molecule has 0 saturated heterocycles. The Morgan fingerprint density at radius 2 is 0.781 bits per heavy atom. The molecular formula is C56H68Br2N4O2. The van der Waals surface area contributed by atoms with Crippen molar-refractivity contribution in [3.63, 3.8) is 0 Å². The van der Waals surface area contributed by atoms with Crippen molar-refractivity contribution in [3.8, 4) is 33.8 Å². The lowest BCUT2D eigenvalue weighted by Crippen LogP contribution is -2.12. The Balaban J connectivity index is 1.21. The van der Waals surface area contributed by atoms with Crippen LogP contribution in [0, 0.1) is 11.8 Å². The summed E-state index contributed by atoms with van der Waals surface area (Å²) in [5.74, 6) is 3.00. The van der Waals surface area contributed by atoms with Crippen LogP contribution in [0.15, 0.2) is 81.7 Å². The molecule has 2 N–H and O–H groups in total. The molecule has 7 rings (SSSR count). The number of aromatic nitrogens is 4. The van der Waals surface area contributed by atoms with E-state index in [1.54, 1.807) is 0 Å². The van der Waals surface area contributed by atoms with Crippen LogP contribution in [-0.2, 0) is 0 Å². The molecule has 8 bridgehead atoms. The molecule has 5 aromatic rings. The summed E-state index contributed by atoms with van der Waals surface area (Å²) in [6.45, 7) is 10.6. The van der Waals surface area contributed by atoms with E-state index in [1.165, 1.54) is 103 Å². The lowest BCUT2D eigenvalue weighted by Gasteiger charge is -2.18. The first-order valence-corrected chi connectivity index (χ1v) is 25.9. The number of unbranched alkanes of at least 4 members (excludes halogenated alkanes) is 8. The molecule has 64 heavy (non-hydrogen) atoms. The maximum Gasteiger partial charge on any atom is 0.119 e. The van der Waals surface area contributed by atoms with Gasteiger partial charge in [0.25, 0.3) is 0 Å². The minimum Gasteiger partial charge on any atom is -0.493 e. The number of hydrogen-bond acceptors (Lipinski definition) is 4. The van der Waals surface area contributed by atoms with Crippen molar-refractivity contribution in [2.75, 3.05) is 13.2 Å². The highest BCUT2D eigenvalue weighted by Gasteiger charge is 2.18. The number of hydrogen-bond donors (Lipinski definition) is 2. The van der Waals surface area contributed by atoms with Crippen LogP contribution < -0.4 is 9.47 Å². The van der Waals surface area contributed by atoms with Crippen molar-refractivity contribution >= 4 is 78.2 Å². The third-order valence-corrected chi connectivity index (χ3v) is 14.4. The Kier molecular flexibility index (Phi) is 18.0. The van der Waals surface area contributed by atoms with Crippen molar-refractivity contribution in [3.05, 3.63) is 105 Å². The fraction of sp³-hybridized carbons (Fsp3) is 0.429. The van der Waals surface area contributed by atoms with E-state index in [1.807, 2.05) is 0 Å². The Bertz CT molecular complexity index is 2320. The van der Waals surface area contributed by atoms with Crippen LogP contribution in [0.2, 0.25) is 0 Å². The molecule has 5 heterocycles. The normalized spacial score (nSPS) is 13.1. The topological polar surface area (TPSA) is 75.8 Å². The van der Waals surface area contributed by atoms with Crippen molar-refractivity contribution in [2.45, 2.75) is 130 Å². The van der Waals surface area contributed by atoms with E-state index in [9.17, 15) is 0 Å². The van der Waals surface area contributed by atoms with Crippen molar-refractivity contribution in [1.82, 2.24) is 19.9 Å².